The van der Waals surface area contributed by atoms with Crippen LogP contribution in [0.25, 0.3) is 0 Å². The highest BCUT2D eigenvalue weighted by atomic mass is 16.5. The molecule has 0 spiro atoms. The van der Waals surface area contributed by atoms with Crippen molar-refractivity contribution in [3.8, 4) is 0 Å². The van der Waals surface area contributed by atoms with Gasteiger partial charge >= 0.3 is 5.97 Å². The molecule has 0 bridgehead atoms. The van der Waals surface area contributed by atoms with Crippen molar-refractivity contribution in [2.75, 3.05) is 0 Å². The highest BCUT2D eigenvalue weighted by Crippen LogP contribution is 2.16. The van der Waals surface area contributed by atoms with Crippen molar-refractivity contribution in [1.29, 1.82) is 0 Å². The molecule has 0 N–H and O–H groups in total. The molecule has 2 nitrogen and oxygen atoms in total. The van der Waals surface area contributed by atoms with E-state index in [-0.39, 0.29) is 12.1 Å². The van der Waals surface area contributed by atoms with Crippen LogP contribution in [0.4, 0.5) is 0 Å². The first-order valence-corrected chi connectivity index (χ1v) is 4.67. The second-order valence-electron chi connectivity index (χ2n) is 3.12. The molecule has 0 saturated carbocycles. The predicted molar refractivity (Wildman–Crippen MR) is 47.8 cm³/mol. The lowest BCUT2D eigenvalue weighted by Gasteiger charge is -2.20. The summed E-state index contributed by atoms with van der Waals surface area (Å²) < 4.78 is 5.14. The Kier molecular flexibility index (Phi) is 3.85. The van der Waals surface area contributed by atoms with Crippen LogP contribution in [0.15, 0.2) is 12.2 Å². The maximum absolute atomic E-state index is 10.9. The Bertz CT molecular complexity index is 173. The largest absolute Gasteiger partial charge is 0.462 e. The van der Waals surface area contributed by atoms with Crippen LogP contribution in [0, 0.1) is 0 Å². The van der Waals surface area contributed by atoms with E-state index in [9.17, 15) is 4.79 Å². The molecule has 1 saturated heterocycles. The average Bonchev–Trinajstić information content (AvgIpc) is 2.05. The molecule has 1 aliphatic heterocycles. The molecule has 0 radical (unpaired) electrons. The molecule has 0 aliphatic carbocycles. The number of cyclic esters (lactones) is 1. The molecule has 1 aliphatic rings. The van der Waals surface area contributed by atoms with Crippen LogP contribution in [0.3, 0.4) is 0 Å². The number of carbonyl (C=O) groups excluding carboxylic acids is 1. The lowest BCUT2D eigenvalue weighted by atomic mass is 10.1. The number of ether oxygens (including phenoxy) is 1. The summed E-state index contributed by atoms with van der Waals surface area (Å²) in [6.45, 7) is 2.10. The summed E-state index contributed by atoms with van der Waals surface area (Å²) in [5.41, 5.74) is 0. The first-order chi connectivity index (χ1) is 5.83. The van der Waals surface area contributed by atoms with Gasteiger partial charge in [-0.3, -0.25) is 4.79 Å². The van der Waals surface area contributed by atoms with Crippen LogP contribution < -0.4 is 0 Å². The first kappa shape index (κ1) is 9.30. The summed E-state index contributed by atoms with van der Waals surface area (Å²) in [5.74, 6) is -0.0313. The zero-order chi connectivity index (χ0) is 8.81. The van der Waals surface area contributed by atoms with Crippen LogP contribution in [-0.2, 0) is 9.53 Å². The van der Waals surface area contributed by atoms with Crippen molar-refractivity contribution in [1.82, 2.24) is 0 Å². The van der Waals surface area contributed by atoms with Crippen LogP contribution in [0.5, 0.6) is 0 Å². The first-order valence-electron chi connectivity index (χ1n) is 4.67. The predicted octanol–water partition coefficient (Wildman–Crippen LogP) is 2.44. The SMILES string of the molecule is CC/C=C/C[C@H]1CCCC(=O)O1. The summed E-state index contributed by atoms with van der Waals surface area (Å²) in [6, 6.07) is 0. The minimum atomic E-state index is -0.0313. The topological polar surface area (TPSA) is 26.3 Å². The summed E-state index contributed by atoms with van der Waals surface area (Å²) >= 11 is 0. The van der Waals surface area contributed by atoms with Gasteiger partial charge in [0, 0.05) is 12.8 Å². The number of carbonyl (C=O) groups is 1. The third-order valence-corrected chi connectivity index (χ3v) is 2.01. The Morgan fingerprint density at radius 1 is 1.58 bits per heavy atom. The molecule has 68 valence electrons. The van der Waals surface area contributed by atoms with E-state index in [1.165, 1.54) is 0 Å². The fraction of sp³-hybridized carbons (Fsp3) is 0.700. The molecular formula is C10H16O2. The number of allylic oxidation sites excluding steroid dienone is 1. The molecule has 0 aromatic heterocycles. The van der Waals surface area contributed by atoms with Gasteiger partial charge in [-0.1, -0.05) is 19.1 Å². The number of esters is 1. The second kappa shape index (κ2) is 4.96. The second-order valence-corrected chi connectivity index (χ2v) is 3.12. The van der Waals surface area contributed by atoms with Gasteiger partial charge in [0.1, 0.15) is 6.10 Å². The molecular weight excluding hydrogens is 152 g/mol. The van der Waals surface area contributed by atoms with E-state index in [2.05, 4.69) is 19.1 Å². The van der Waals surface area contributed by atoms with Gasteiger partial charge < -0.3 is 4.74 Å². The number of rotatable bonds is 3. The van der Waals surface area contributed by atoms with Gasteiger partial charge in [-0.15, -0.1) is 0 Å². The van der Waals surface area contributed by atoms with Crippen LogP contribution in [0.1, 0.15) is 39.0 Å². The molecule has 1 rings (SSSR count). The number of hydrogen-bond donors (Lipinski definition) is 0. The van der Waals surface area contributed by atoms with Crippen molar-refractivity contribution >= 4 is 5.97 Å². The maximum Gasteiger partial charge on any atom is 0.306 e. The van der Waals surface area contributed by atoms with Crippen molar-refractivity contribution in [2.24, 2.45) is 0 Å². The van der Waals surface area contributed by atoms with Crippen molar-refractivity contribution < 1.29 is 9.53 Å². The summed E-state index contributed by atoms with van der Waals surface area (Å²) in [4.78, 5) is 10.9. The van der Waals surface area contributed by atoms with Crippen LogP contribution in [-0.4, -0.2) is 12.1 Å². The molecule has 0 unspecified atom stereocenters. The average molecular weight is 168 g/mol. The maximum atomic E-state index is 10.9. The lowest BCUT2D eigenvalue weighted by molar-refractivity contribution is -0.153. The lowest BCUT2D eigenvalue weighted by Crippen LogP contribution is -2.22. The van der Waals surface area contributed by atoms with Gasteiger partial charge in [-0.2, -0.15) is 0 Å². The zero-order valence-corrected chi connectivity index (χ0v) is 7.58. The highest BCUT2D eigenvalue weighted by molar-refractivity contribution is 5.70. The van der Waals surface area contributed by atoms with E-state index in [1.54, 1.807) is 0 Å². The number of hydrogen-bond acceptors (Lipinski definition) is 2. The van der Waals surface area contributed by atoms with Crippen molar-refractivity contribution in [3.63, 3.8) is 0 Å². The van der Waals surface area contributed by atoms with Gasteiger partial charge in [0.15, 0.2) is 0 Å². The van der Waals surface area contributed by atoms with Crippen LogP contribution >= 0.6 is 0 Å². The normalized spacial score (nSPS) is 24.4. The standard InChI is InChI=1S/C10H16O2/c1-2-3-4-6-9-7-5-8-10(11)12-9/h3-4,9H,2,5-8H2,1H3/b4-3+/t9-/m0/s1. The third kappa shape index (κ3) is 3.07. The molecule has 1 fully saturated rings. The molecule has 0 aromatic carbocycles. The van der Waals surface area contributed by atoms with E-state index in [0.29, 0.717) is 6.42 Å². The summed E-state index contributed by atoms with van der Waals surface area (Å²) in [5, 5.41) is 0. The molecule has 1 atom stereocenters. The van der Waals surface area contributed by atoms with E-state index in [1.807, 2.05) is 0 Å². The van der Waals surface area contributed by atoms with Gasteiger partial charge in [0.25, 0.3) is 0 Å². The molecule has 2 heteroatoms. The Labute approximate surface area is 73.6 Å². The van der Waals surface area contributed by atoms with E-state index in [0.717, 1.165) is 25.7 Å². The Hall–Kier alpha value is -0.790. The summed E-state index contributed by atoms with van der Waals surface area (Å²) in [7, 11) is 0. The molecule has 12 heavy (non-hydrogen) atoms. The molecule has 1 heterocycles. The minimum Gasteiger partial charge on any atom is -0.462 e. The Morgan fingerprint density at radius 2 is 2.42 bits per heavy atom. The van der Waals surface area contributed by atoms with E-state index >= 15 is 0 Å². The zero-order valence-electron chi connectivity index (χ0n) is 7.58. The van der Waals surface area contributed by atoms with Crippen molar-refractivity contribution in [3.05, 3.63) is 12.2 Å². The van der Waals surface area contributed by atoms with E-state index < -0.39 is 0 Å². The minimum absolute atomic E-state index is 0.0313. The van der Waals surface area contributed by atoms with E-state index in [4.69, 9.17) is 4.74 Å². The monoisotopic (exact) mass is 168 g/mol. The van der Waals surface area contributed by atoms with Crippen molar-refractivity contribution in [2.45, 2.75) is 45.1 Å². The van der Waals surface area contributed by atoms with Gasteiger partial charge in [0.2, 0.25) is 0 Å². The van der Waals surface area contributed by atoms with Gasteiger partial charge in [0.05, 0.1) is 0 Å². The molecule has 0 aromatic rings. The van der Waals surface area contributed by atoms with Crippen LogP contribution in [0.2, 0.25) is 0 Å². The van der Waals surface area contributed by atoms with Gasteiger partial charge in [-0.25, -0.2) is 0 Å². The third-order valence-electron chi connectivity index (χ3n) is 2.01. The Balaban J connectivity index is 2.22. The molecule has 0 amide bonds. The van der Waals surface area contributed by atoms with Gasteiger partial charge in [-0.05, 0) is 19.3 Å². The highest BCUT2D eigenvalue weighted by Gasteiger charge is 2.18. The summed E-state index contributed by atoms with van der Waals surface area (Å²) in [6.07, 6.45) is 8.93. The quantitative estimate of drug-likeness (QED) is 0.478. The Morgan fingerprint density at radius 3 is 3.08 bits per heavy atom. The smallest absolute Gasteiger partial charge is 0.306 e. The fourth-order valence-corrected chi connectivity index (χ4v) is 1.36. The fourth-order valence-electron chi connectivity index (χ4n) is 1.36.